The standard InChI is InChI=1S/C12H21N3O2/c1-2-3-4-5-6-7-8-17-12-10(13)11(16)14-9-15-12/h9H,2-8,13H2,1H3,(H,14,15,16). The normalized spacial score (nSPS) is 10.4. The van der Waals surface area contributed by atoms with Crippen LogP contribution in [0.1, 0.15) is 45.4 Å². The topological polar surface area (TPSA) is 81.0 Å². The van der Waals surface area contributed by atoms with Gasteiger partial charge in [-0.3, -0.25) is 4.79 Å². The second kappa shape index (κ2) is 7.70. The van der Waals surface area contributed by atoms with Gasteiger partial charge in [-0.25, -0.2) is 4.98 Å². The van der Waals surface area contributed by atoms with Gasteiger partial charge < -0.3 is 15.5 Å². The van der Waals surface area contributed by atoms with Crippen LogP contribution in [-0.2, 0) is 0 Å². The molecule has 17 heavy (non-hydrogen) atoms. The number of aromatic nitrogens is 2. The highest BCUT2D eigenvalue weighted by molar-refractivity contribution is 5.44. The Morgan fingerprint density at radius 2 is 2.00 bits per heavy atom. The van der Waals surface area contributed by atoms with E-state index in [-0.39, 0.29) is 17.1 Å². The van der Waals surface area contributed by atoms with E-state index in [1.165, 1.54) is 32.0 Å². The van der Waals surface area contributed by atoms with Crippen LogP contribution in [0, 0.1) is 0 Å². The molecule has 0 radical (unpaired) electrons. The highest BCUT2D eigenvalue weighted by Crippen LogP contribution is 2.12. The zero-order valence-electron chi connectivity index (χ0n) is 10.4. The Labute approximate surface area is 101 Å². The first kappa shape index (κ1) is 13.5. The monoisotopic (exact) mass is 239 g/mol. The van der Waals surface area contributed by atoms with Gasteiger partial charge in [0.25, 0.3) is 5.56 Å². The first-order chi connectivity index (χ1) is 8.25. The maximum absolute atomic E-state index is 11.1. The van der Waals surface area contributed by atoms with Gasteiger partial charge in [0.2, 0.25) is 5.88 Å². The third kappa shape index (κ3) is 4.89. The summed E-state index contributed by atoms with van der Waals surface area (Å²) in [7, 11) is 0. The number of ether oxygens (including phenoxy) is 1. The van der Waals surface area contributed by atoms with E-state index < -0.39 is 0 Å². The molecule has 3 N–H and O–H groups in total. The van der Waals surface area contributed by atoms with Crippen molar-refractivity contribution in [3.8, 4) is 5.88 Å². The van der Waals surface area contributed by atoms with Crippen molar-refractivity contribution in [2.24, 2.45) is 0 Å². The van der Waals surface area contributed by atoms with Crippen LogP contribution in [0.4, 0.5) is 5.69 Å². The molecule has 0 atom stereocenters. The Balaban J connectivity index is 2.18. The van der Waals surface area contributed by atoms with Crippen molar-refractivity contribution in [3.05, 3.63) is 16.7 Å². The Hall–Kier alpha value is -1.52. The van der Waals surface area contributed by atoms with Crippen molar-refractivity contribution in [1.29, 1.82) is 0 Å². The molecule has 0 amide bonds. The van der Waals surface area contributed by atoms with E-state index in [1.807, 2.05) is 0 Å². The van der Waals surface area contributed by atoms with Gasteiger partial charge in [-0.05, 0) is 6.42 Å². The van der Waals surface area contributed by atoms with Gasteiger partial charge in [-0.15, -0.1) is 0 Å². The van der Waals surface area contributed by atoms with Gasteiger partial charge in [-0.2, -0.15) is 0 Å². The second-order valence-corrected chi connectivity index (χ2v) is 4.07. The molecule has 5 heteroatoms. The molecule has 0 unspecified atom stereocenters. The molecule has 0 aliphatic rings. The molecule has 0 aliphatic carbocycles. The number of aromatic amines is 1. The molecule has 1 heterocycles. The van der Waals surface area contributed by atoms with Crippen LogP contribution in [0.3, 0.4) is 0 Å². The minimum atomic E-state index is -0.349. The highest BCUT2D eigenvalue weighted by Gasteiger charge is 2.04. The van der Waals surface area contributed by atoms with Crippen molar-refractivity contribution in [2.75, 3.05) is 12.3 Å². The summed E-state index contributed by atoms with van der Waals surface area (Å²) in [6.07, 6.45) is 8.47. The Morgan fingerprint density at radius 1 is 1.29 bits per heavy atom. The number of unbranched alkanes of at least 4 members (excludes halogenated alkanes) is 5. The minimum Gasteiger partial charge on any atom is -0.476 e. The van der Waals surface area contributed by atoms with Crippen LogP contribution >= 0.6 is 0 Å². The van der Waals surface area contributed by atoms with Crippen LogP contribution < -0.4 is 16.0 Å². The number of nitrogen functional groups attached to an aromatic ring is 1. The lowest BCUT2D eigenvalue weighted by Crippen LogP contribution is -2.14. The van der Waals surface area contributed by atoms with E-state index in [2.05, 4.69) is 16.9 Å². The van der Waals surface area contributed by atoms with E-state index in [1.54, 1.807) is 0 Å². The molecule has 1 aromatic rings. The van der Waals surface area contributed by atoms with Crippen molar-refractivity contribution in [2.45, 2.75) is 45.4 Å². The number of H-pyrrole nitrogens is 1. The van der Waals surface area contributed by atoms with E-state index in [0.717, 1.165) is 12.8 Å². The molecule has 0 fully saturated rings. The lowest BCUT2D eigenvalue weighted by Gasteiger charge is -2.06. The molecule has 1 rings (SSSR count). The quantitative estimate of drug-likeness (QED) is 0.681. The lowest BCUT2D eigenvalue weighted by molar-refractivity contribution is 0.294. The summed E-state index contributed by atoms with van der Waals surface area (Å²) in [6.45, 7) is 2.76. The SMILES string of the molecule is CCCCCCCCOc1nc[nH]c(=O)c1N. The summed E-state index contributed by atoms with van der Waals surface area (Å²) >= 11 is 0. The maximum atomic E-state index is 11.1. The molecular weight excluding hydrogens is 218 g/mol. The zero-order chi connectivity index (χ0) is 12.5. The summed E-state index contributed by atoms with van der Waals surface area (Å²) < 4.78 is 5.37. The van der Waals surface area contributed by atoms with Gasteiger partial charge in [0, 0.05) is 0 Å². The molecule has 0 saturated heterocycles. The van der Waals surface area contributed by atoms with E-state index in [0.29, 0.717) is 6.61 Å². The van der Waals surface area contributed by atoms with Gasteiger partial charge in [0.05, 0.1) is 12.9 Å². The number of hydrogen-bond donors (Lipinski definition) is 2. The van der Waals surface area contributed by atoms with Crippen LogP contribution in [0.15, 0.2) is 11.1 Å². The molecule has 5 nitrogen and oxygen atoms in total. The first-order valence-electron chi connectivity index (χ1n) is 6.21. The fourth-order valence-corrected chi connectivity index (χ4v) is 1.56. The zero-order valence-corrected chi connectivity index (χ0v) is 10.4. The van der Waals surface area contributed by atoms with Gasteiger partial charge in [-0.1, -0.05) is 39.0 Å². The number of nitrogens with zero attached hydrogens (tertiary/aromatic N) is 1. The predicted molar refractivity (Wildman–Crippen MR) is 68.1 cm³/mol. The van der Waals surface area contributed by atoms with E-state index in [9.17, 15) is 4.79 Å². The number of hydrogen-bond acceptors (Lipinski definition) is 4. The van der Waals surface area contributed by atoms with Crippen LogP contribution in [-0.4, -0.2) is 16.6 Å². The van der Waals surface area contributed by atoms with Crippen molar-refractivity contribution < 1.29 is 4.74 Å². The lowest BCUT2D eigenvalue weighted by atomic mass is 10.1. The molecular formula is C12H21N3O2. The fraction of sp³-hybridized carbons (Fsp3) is 0.667. The second-order valence-electron chi connectivity index (χ2n) is 4.07. The van der Waals surface area contributed by atoms with Crippen LogP contribution in [0.25, 0.3) is 0 Å². The number of nitrogens with two attached hydrogens (primary N) is 1. The summed E-state index contributed by atoms with van der Waals surface area (Å²) in [6, 6.07) is 0. The number of nitrogens with one attached hydrogen (secondary N) is 1. The average Bonchev–Trinajstić information content (AvgIpc) is 2.33. The third-order valence-corrected chi connectivity index (χ3v) is 2.59. The smallest absolute Gasteiger partial charge is 0.277 e. The highest BCUT2D eigenvalue weighted by atomic mass is 16.5. The van der Waals surface area contributed by atoms with Crippen molar-refractivity contribution >= 4 is 5.69 Å². The molecule has 0 saturated carbocycles. The summed E-state index contributed by atoms with van der Waals surface area (Å²) in [5.41, 5.74) is 5.24. The molecule has 96 valence electrons. The van der Waals surface area contributed by atoms with Crippen molar-refractivity contribution in [1.82, 2.24) is 9.97 Å². The first-order valence-corrected chi connectivity index (χ1v) is 6.21. The van der Waals surface area contributed by atoms with Crippen LogP contribution in [0.2, 0.25) is 0 Å². The summed E-state index contributed by atoms with van der Waals surface area (Å²) in [5, 5.41) is 0. The maximum Gasteiger partial charge on any atom is 0.277 e. The number of anilines is 1. The predicted octanol–water partition coefficient (Wildman–Crippen LogP) is 2.09. The van der Waals surface area contributed by atoms with Gasteiger partial charge >= 0.3 is 0 Å². The minimum absolute atomic E-state index is 0.0542. The molecule has 1 aromatic heterocycles. The third-order valence-electron chi connectivity index (χ3n) is 2.59. The molecule has 0 aliphatic heterocycles. The Morgan fingerprint density at radius 3 is 2.76 bits per heavy atom. The summed E-state index contributed by atoms with van der Waals surface area (Å²) in [4.78, 5) is 17.4. The van der Waals surface area contributed by atoms with E-state index in [4.69, 9.17) is 10.5 Å². The molecule has 0 bridgehead atoms. The van der Waals surface area contributed by atoms with Gasteiger partial charge in [0.1, 0.15) is 0 Å². The van der Waals surface area contributed by atoms with Crippen LogP contribution in [0.5, 0.6) is 5.88 Å². The summed E-state index contributed by atoms with van der Waals surface area (Å²) in [5.74, 6) is 0.238. The van der Waals surface area contributed by atoms with Gasteiger partial charge in [0.15, 0.2) is 5.69 Å². The number of rotatable bonds is 8. The van der Waals surface area contributed by atoms with Crippen molar-refractivity contribution in [3.63, 3.8) is 0 Å². The Kier molecular flexibility index (Phi) is 6.14. The largest absolute Gasteiger partial charge is 0.476 e. The van der Waals surface area contributed by atoms with E-state index >= 15 is 0 Å². The Bertz CT molecular complexity index is 376. The molecule has 0 spiro atoms. The fourth-order valence-electron chi connectivity index (χ4n) is 1.56. The average molecular weight is 239 g/mol. The molecule has 0 aromatic carbocycles.